The lowest BCUT2D eigenvalue weighted by atomic mass is 10.0. The second-order valence-corrected chi connectivity index (χ2v) is 4.38. The molecule has 0 saturated heterocycles. The van der Waals surface area contributed by atoms with Gasteiger partial charge in [0.25, 0.3) is 0 Å². The van der Waals surface area contributed by atoms with Gasteiger partial charge in [0.05, 0.1) is 13.2 Å². The van der Waals surface area contributed by atoms with E-state index >= 15 is 0 Å². The van der Waals surface area contributed by atoms with E-state index in [4.69, 9.17) is 15.3 Å². The van der Waals surface area contributed by atoms with Gasteiger partial charge in [-0.1, -0.05) is 0 Å². The van der Waals surface area contributed by atoms with Crippen LogP contribution in [0.1, 0.15) is 5.56 Å². The number of aliphatic hydroxyl groups excluding tert-OH is 5. The average Bonchev–Trinajstić information content (AvgIpc) is 2.46. The van der Waals surface area contributed by atoms with Crippen LogP contribution in [0.2, 0.25) is 0 Å². The zero-order valence-corrected chi connectivity index (χ0v) is 10.7. The van der Waals surface area contributed by atoms with Crippen LogP contribution in [0.4, 0.5) is 0 Å². The third kappa shape index (κ3) is 4.87. The Balaban J connectivity index is 2.49. The largest absolute Gasteiger partial charge is 0.508 e. The first-order valence-corrected chi connectivity index (χ1v) is 6.07. The summed E-state index contributed by atoms with van der Waals surface area (Å²) in [6, 6.07) is 6.19. The molecule has 7 nitrogen and oxygen atoms in total. The van der Waals surface area contributed by atoms with E-state index in [1.165, 1.54) is 18.3 Å². The molecule has 0 aliphatic rings. The van der Waals surface area contributed by atoms with E-state index in [2.05, 4.69) is 4.99 Å². The van der Waals surface area contributed by atoms with E-state index < -0.39 is 31.0 Å². The summed E-state index contributed by atoms with van der Waals surface area (Å²) in [5.74, 6) is 0.124. The van der Waals surface area contributed by atoms with Gasteiger partial charge in [-0.25, -0.2) is 0 Å². The zero-order valence-electron chi connectivity index (χ0n) is 10.7. The number of nitrogens with zero attached hydrogens (tertiary/aromatic N) is 1. The first-order valence-electron chi connectivity index (χ1n) is 6.07. The number of rotatable bonds is 7. The molecule has 7 heteroatoms. The van der Waals surface area contributed by atoms with Crippen LogP contribution in [0.3, 0.4) is 0 Å². The van der Waals surface area contributed by atoms with E-state index in [1.807, 2.05) is 0 Å². The molecule has 0 unspecified atom stereocenters. The Kier molecular flexibility index (Phi) is 6.56. The van der Waals surface area contributed by atoms with Gasteiger partial charge in [0.2, 0.25) is 0 Å². The standard InChI is InChI=1S/C13H19NO6/c15-7-11(18)13(20)12(19)10(17)6-14-5-8-1-3-9(16)4-2-8/h1-5,10-13,15-20H,6-7H2/t10-,11+,12+,13+/m0/s1. The number of aliphatic imine (C=N–C) groups is 1. The van der Waals surface area contributed by atoms with Crippen molar-refractivity contribution in [1.82, 2.24) is 0 Å². The van der Waals surface area contributed by atoms with Crippen LogP contribution in [0, 0.1) is 0 Å². The molecule has 0 aliphatic heterocycles. The highest BCUT2D eigenvalue weighted by molar-refractivity contribution is 5.79. The number of aromatic hydroxyl groups is 1. The summed E-state index contributed by atoms with van der Waals surface area (Å²) in [5, 5.41) is 55.4. The van der Waals surface area contributed by atoms with Crippen LogP contribution in [0.5, 0.6) is 5.75 Å². The van der Waals surface area contributed by atoms with Crippen LogP contribution in [-0.4, -0.2) is 74.4 Å². The Bertz CT molecular complexity index is 421. The van der Waals surface area contributed by atoms with Crippen LogP contribution in [0.25, 0.3) is 0 Å². The van der Waals surface area contributed by atoms with Crippen LogP contribution in [-0.2, 0) is 0 Å². The molecule has 0 aliphatic carbocycles. The van der Waals surface area contributed by atoms with Gasteiger partial charge in [-0.05, 0) is 29.8 Å². The zero-order chi connectivity index (χ0) is 15.1. The number of benzene rings is 1. The third-order valence-electron chi connectivity index (χ3n) is 2.75. The van der Waals surface area contributed by atoms with Crippen molar-refractivity contribution in [2.45, 2.75) is 24.4 Å². The molecule has 1 aromatic carbocycles. The lowest BCUT2D eigenvalue weighted by molar-refractivity contribution is -0.112. The third-order valence-corrected chi connectivity index (χ3v) is 2.75. The van der Waals surface area contributed by atoms with E-state index in [-0.39, 0.29) is 12.3 Å². The molecule has 0 amide bonds. The molecule has 0 spiro atoms. The van der Waals surface area contributed by atoms with Crippen LogP contribution in [0.15, 0.2) is 29.3 Å². The highest BCUT2D eigenvalue weighted by Crippen LogP contribution is 2.08. The second-order valence-electron chi connectivity index (χ2n) is 4.38. The van der Waals surface area contributed by atoms with Crippen molar-refractivity contribution in [2.75, 3.05) is 13.2 Å². The van der Waals surface area contributed by atoms with Crippen molar-refractivity contribution in [1.29, 1.82) is 0 Å². The van der Waals surface area contributed by atoms with E-state index in [0.29, 0.717) is 5.56 Å². The minimum absolute atomic E-state index is 0.124. The number of hydrogen-bond donors (Lipinski definition) is 6. The Hall–Kier alpha value is -1.51. The first-order chi connectivity index (χ1) is 9.45. The van der Waals surface area contributed by atoms with Crippen molar-refractivity contribution in [2.24, 2.45) is 4.99 Å². The molecule has 0 heterocycles. The fourth-order valence-corrected chi connectivity index (χ4v) is 1.50. The lowest BCUT2D eigenvalue weighted by Crippen LogP contribution is -2.46. The van der Waals surface area contributed by atoms with Gasteiger partial charge in [0.15, 0.2) is 0 Å². The minimum atomic E-state index is -1.65. The van der Waals surface area contributed by atoms with Gasteiger partial charge in [-0.15, -0.1) is 0 Å². The Morgan fingerprint density at radius 3 is 2.05 bits per heavy atom. The summed E-state index contributed by atoms with van der Waals surface area (Å²) in [6.07, 6.45) is -4.74. The molecule has 0 fully saturated rings. The van der Waals surface area contributed by atoms with E-state index in [9.17, 15) is 15.3 Å². The summed E-state index contributed by atoms with van der Waals surface area (Å²) in [6.45, 7) is -0.904. The average molecular weight is 285 g/mol. The number of aliphatic hydroxyl groups is 5. The molecular formula is C13H19NO6. The molecule has 4 atom stereocenters. The molecule has 1 rings (SSSR count). The normalized spacial score (nSPS) is 17.9. The summed E-state index contributed by atoms with van der Waals surface area (Å²) < 4.78 is 0. The molecule has 6 N–H and O–H groups in total. The van der Waals surface area contributed by atoms with E-state index in [0.717, 1.165) is 0 Å². The Labute approximate surface area is 116 Å². The number of phenols is 1. The number of hydrogen-bond acceptors (Lipinski definition) is 7. The molecule has 0 bridgehead atoms. The highest BCUT2D eigenvalue weighted by atomic mass is 16.4. The smallest absolute Gasteiger partial charge is 0.115 e. The summed E-state index contributed by atoms with van der Waals surface area (Å²) in [4.78, 5) is 3.89. The predicted octanol–water partition coefficient (Wildman–Crippen LogP) is -1.75. The van der Waals surface area contributed by atoms with Gasteiger partial charge >= 0.3 is 0 Å². The maximum Gasteiger partial charge on any atom is 0.115 e. The summed E-state index contributed by atoms with van der Waals surface area (Å²) in [5.41, 5.74) is 0.695. The molecule has 0 aromatic heterocycles. The van der Waals surface area contributed by atoms with E-state index in [1.54, 1.807) is 12.1 Å². The van der Waals surface area contributed by atoms with Crippen molar-refractivity contribution in [3.05, 3.63) is 29.8 Å². The molecule has 0 saturated carbocycles. The van der Waals surface area contributed by atoms with Gasteiger partial charge < -0.3 is 30.6 Å². The van der Waals surface area contributed by atoms with Crippen molar-refractivity contribution < 1.29 is 30.6 Å². The lowest BCUT2D eigenvalue weighted by Gasteiger charge is -2.24. The maximum atomic E-state index is 9.60. The van der Waals surface area contributed by atoms with Crippen molar-refractivity contribution in [3.63, 3.8) is 0 Å². The Morgan fingerprint density at radius 2 is 1.50 bits per heavy atom. The SMILES string of the molecule is OC[C@@H](O)[C@@H](O)[C@H](O)[C@@H](O)CN=Cc1ccc(O)cc1. The predicted molar refractivity (Wildman–Crippen MR) is 71.7 cm³/mol. The molecular weight excluding hydrogens is 266 g/mol. The van der Waals surface area contributed by atoms with Crippen molar-refractivity contribution in [3.8, 4) is 5.75 Å². The quantitative estimate of drug-likeness (QED) is 0.329. The second kappa shape index (κ2) is 7.93. The monoisotopic (exact) mass is 285 g/mol. The van der Waals surface area contributed by atoms with Crippen LogP contribution >= 0.6 is 0 Å². The summed E-state index contributed by atoms with van der Waals surface area (Å²) >= 11 is 0. The maximum absolute atomic E-state index is 9.60. The van der Waals surface area contributed by atoms with Crippen molar-refractivity contribution >= 4 is 6.21 Å². The molecule has 20 heavy (non-hydrogen) atoms. The molecule has 0 radical (unpaired) electrons. The molecule has 1 aromatic rings. The minimum Gasteiger partial charge on any atom is -0.508 e. The highest BCUT2D eigenvalue weighted by Gasteiger charge is 2.29. The topological polar surface area (TPSA) is 134 Å². The fourth-order valence-electron chi connectivity index (χ4n) is 1.50. The van der Waals surface area contributed by atoms with Gasteiger partial charge in [0, 0.05) is 6.21 Å². The first kappa shape index (κ1) is 16.5. The van der Waals surface area contributed by atoms with Gasteiger partial charge in [-0.3, -0.25) is 4.99 Å². The van der Waals surface area contributed by atoms with Gasteiger partial charge in [-0.2, -0.15) is 0 Å². The summed E-state index contributed by atoms with van der Waals surface area (Å²) in [7, 11) is 0. The van der Waals surface area contributed by atoms with Crippen LogP contribution < -0.4 is 0 Å². The fraction of sp³-hybridized carbons (Fsp3) is 0.462. The van der Waals surface area contributed by atoms with Gasteiger partial charge in [0.1, 0.15) is 30.2 Å². The Morgan fingerprint density at radius 1 is 0.950 bits per heavy atom. The molecule has 112 valence electrons. The number of phenolic OH excluding ortho intramolecular Hbond substituents is 1.